The molecule has 0 aliphatic carbocycles. The van der Waals surface area contributed by atoms with Crippen molar-refractivity contribution in [2.24, 2.45) is 0 Å². The molecule has 0 bridgehead atoms. The topological polar surface area (TPSA) is 72.3 Å². The Kier molecular flexibility index (Phi) is 4.96. The predicted molar refractivity (Wildman–Crippen MR) is 85.7 cm³/mol. The summed E-state index contributed by atoms with van der Waals surface area (Å²) in [5.41, 5.74) is 0. The Morgan fingerprint density at radius 3 is 2.74 bits per heavy atom. The Labute approximate surface area is 137 Å². The molecule has 3 heterocycles. The van der Waals surface area contributed by atoms with Crippen LogP contribution >= 0.6 is 0 Å². The summed E-state index contributed by atoms with van der Waals surface area (Å²) >= 11 is 0. The lowest BCUT2D eigenvalue weighted by atomic mass is 10.00. The van der Waals surface area contributed by atoms with Gasteiger partial charge in [-0.25, -0.2) is 9.67 Å². The van der Waals surface area contributed by atoms with Crippen molar-refractivity contribution in [3.63, 3.8) is 0 Å². The first-order valence-corrected chi connectivity index (χ1v) is 8.59. The number of hydrogen-bond acceptors (Lipinski definition) is 5. The fraction of sp³-hybridized carbons (Fsp3) is 0.812. The second kappa shape index (κ2) is 6.97. The van der Waals surface area contributed by atoms with Crippen molar-refractivity contribution < 1.29 is 9.53 Å². The van der Waals surface area contributed by atoms with Crippen molar-refractivity contribution in [3.05, 3.63) is 11.6 Å². The lowest BCUT2D eigenvalue weighted by molar-refractivity contribution is -0.138. The molecule has 0 spiro atoms. The van der Waals surface area contributed by atoms with E-state index in [1.807, 2.05) is 9.58 Å². The summed E-state index contributed by atoms with van der Waals surface area (Å²) in [7, 11) is 1.65. The van der Waals surface area contributed by atoms with Crippen LogP contribution in [0.3, 0.4) is 0 Å². The van der Waals surface area contributed by atoms with E-state index in [9.17, 15) is 4.79 Å². The summed E-state index contributed by atoms with van der Waals surface area (Å²) in [5.74, 6) is 1.88. The third kappa shape index (κ3) is 3.40. The molecule has 2 aliphatic rings. The van der Waals surface area contributed by atoms with Crippen LogP contribution in [0.4, 0.5) is 0 Å². The second-order valence-corrected chi connectivity index (χ2v) is 6.72. The number of carbonyl (C=O) groups is 1. The molecule has 2 aliphatic heterocycles. The van der Waals surface area contributed by atoms with Crippen molar-refractivity contribution in [2.45, 2.75) is 70.8 Å². The van der Waals surface area contributed by atoms with Crippen LogP contribution in [-0.4, -0.2) is 51.3 Å². The van der Waals surface area contributed by atoms with Crippen molar-refractivity contribution >= 4 is 5.91 Å². The second-order valence-electron chi connectivity index (χ2n) is 6.72. The number of aromatic nitrogens is 3. The van der Waals surface area contributed by atoms with Gasteiger partial charge in [0.25, 0.3) is 0 Å². The standard InChI is InChI=1S/C16H27N5O2/c1-11(2)20-8-4-7-13(16(20)22)17-12-6-5-9-21-15(12)18-14(19-21)10-23-3/h11-13,17H,4-10H2,1-3H3/t12-,13-/m1/s1. The zero-order valence-corrected chi connectivity index (χ0v) is 14.3. The highest BCUT2D eigenvalue weighted by molar-refractivity contribution is 5.82. The number of methoxy groups -OCH3 is 1. The van der Waals surface area contributed by atoms with E-state index >= 15 is 0 Å². The van der Waals surface area contributed by atoms with Gasteiger partial charge in [-0.3, -0.25) is 10.1 Å². The van der Waals surface area contributed by atoms with E-state index in [1.165, 1.54) is 0 Å². The van der Waals surface area contributed by atoms with Gasteiger partial charge in [-0.1, -0.05) is 0 Å². The van der Waals surface area contributed by atoms with Gasteiger partial charge in [0.1, 0.15) is 12.4 Å². The van der Waals surface area contributed by atoms with E-state index in [4.69, 9.17) is 4.74 Å². The van der Waals surface area contributed by atoms with Crippen LogP contribution in [0.25, 0.3) is 0 Å². The van der Waals surface area contributed by atoms with E-state index in [-0.39, 0.29) is 24.0 Å². The maximum Gasteiger partial charge on any atom is 0.239 e. The lowest BCUT2D eigenvalue weighted by Crippen LogP contribution is -2.54. The van der Waals surface area contributed by atoms with Gasteiger partial charge < -0.3 is 9.64 Å². The molecule has 0 saturated carbocycles. The zero-order valence-electron chi connectivity index (χ0n) is 14.3. The van der Waals surface area contributed by atoms with Crippen LogP contribution in [0.5, 0.6) is 0 Å². The number of likely N-dealkylation sites (tertiary alicyclic amines) is 1. The number of aryl methyl sites for hydroxylation is 1. The fourth-order valence-electron chi connectivity index (χ4n) is 3.56. The number of rotatable bonds is 5. The first-order chi connectivity index (χ1) is 11.1. The first kappa shape index (κ1) is 16.4. The van der Waals surface area contributed by atoms with Crippen LogP contribution in [-0.2, 0) is 22.7 Å². The van der Waals surface area contributed by atoms with Crippen molar-refractivity contribution in [1.82, 2.24) is 25.0 Å². The van der Waals surface area contributed by atoms with Crippen LogP contribution in [0, 0.1) is 0 Å². The van der Waals surface area contributed by atoms with Gasteiger partial charge >= 0.3 is 0 Å². The summed E-state index contributed by atoms with van der Waals surface area (Å²) in [4.78, 5) is 19.2. The summed E-state index contributed by atoms with van der Waals surface area (Å²) in [6, 6.07) is 0.253. The molecule has 1 fully saturated rings. The molecular weight excluding hydrogens is 294 g/mol. The minimum atomic E-state index is -0.106. The maximum atomic E-state index is 12.7. The molecule has 1 aromatic rings. The molecule has 0 radical (unpaired) electrons. The highest BCUT2D eigenvalue weighted by atomic mass is 16.5. The number of nitrogens with one attached hydrogen (secondary N) is 1. The molecule has 0 unspecified atom stereocenters. The molecule has 3 rings (SSSR count). The number of carbonyl (C=O) groups excluding carboxylic acids is 1. The average Bonchev–Trinajstić information content (AvgIpc) is 2.93. The SMILES string of the molecule is COCc1nc2n(n1)CCC[C@H]2N[C@@H]1CCCN(C(C)C)C1=O. The molecule has 1 N–H and O–H groups in total. The summed E-state index contributed by atoms with van der Waals surface area (Å²) < 4.78 is 7.09. The van der Waals surface area contributed by atoms with Gasteiger partial charge in [0.15, 0.2) is 5.82 Å². The number of piperidine rings is 1. The van der Waals surface area contributed by atoms with Crippen LogP contribution in [0.1, 0.15) is 57.2 Å². The minimum Gasteiger partial charge on any atom is -0.377 e. The van der Waals surface area contributed by atoms with Gasteiger partial charge in [-0.2, -0.15) is 5.10 Å². The molecule has 7 heteroatoms. The highest BCUT2D eigenvalue weighted by Crippen LogP contribution is 2.26. The molecule has 0 aromatic carbocycles. The van der Waals surface area contributed by atoms with Gasteiger partial charge in [0, 0.05) is 26.2 Å². The van der Waals surface area contributed by atoms with E-state index in [1.54, 1.807) is 7.11 Å². The van der Waals surface area contributed by atoms with Crippen molar-refractivity contribution in [2.75, 3.05) is 13.7 Å². The third-order valence-electron chi connectivity index (χ3n) is 4.69. The molecule has 23 heavy (non-hydrogen) atoms. The molecule has 2 atom stereocenters. The maximum absolute atomic E-state index is 12.7. The Balaban J connectivity index is 1.72. The summed E-state index contributed by atoms with van der Waals surface area (Å²) in [6.45, 7) is 6.34. The number of amides is 1. The van der Waals surface area contributed by atoms with Crippen molar-refractivity contribution in [1.29, 1.82) is 0 Å². The highest BCUT2D eigenvalue weighted by Gasteiger charge is 2.34. The van der Waals surface area contributed by atoms with E-state index in [0.717, 1.165) is 50.4 Å². The molecule has 1 amide bonds. The third-order valence-corrected chi connectivity index (χ3v) is 4.69. The Morgan fingerprint density at radius 1 is 1.26 bits per heavy atom. The minimum absolute atomic E-state index is 0.0999. The largest absolute Gasteiger partial charge is 0.377 e. The lowest BCUT2D eigenvalue weighted by Gasteiger charge is -2.37. The normalized spacial score (nSPS) is 25.0. The van der Waals surface area contributed by atoms with Crippen molar-refractivity contribution in [3.8, 4) is 0 Å². The monoisotopic (exact) mass is 321 g/mol. The van der Waals surface area contributed by atoms with E-state index in [2.05, 4.69) is 29.2 Å². The van der Waals surface area contributed by atoms with E-state index < -0.39 is 0 Å². The predicted octanol–water partition coefficient (Wildman–Crippen LogP) is 1.25. The first-order valence-electron chi connectivity index (χ1n) is 8.59. The quantitative estimate of drug-likeness (QED) is 0.883. The number of nitrogens with zero attached hydrogens (tertiary/aromatic N) is 4. The van der Waals surface area contributed by atoms with Gasteiger partial charge in [0.05, 0.1) is 12.1 Å². The number of ether oxygens (including phenoxy) is 1. The molecule has 1 saturated heterocycles. The average molecular weight is 321 g/mol. The summed E-state index contributed by atoms with van der Waals surface area (Å²) in [5, 5.41) is 8.04. The van der Waals surface area contributed by atoms with Crippen LogP contribution in [0.2, 0.25) is 0 Å². The molecule has 7 nitrogen and oxygen atoms in total. The molecular formula is C16H27N5O2. The fourth-order valence-corrected chi connectivity index (χ4v) is 3.56. The van der Waals surface area contributed by atoms with Gasteiger partial charge in [-0.05, 0) is 39.5 Å². The van der Waals surface area contributed by atoms with Crippen LogP contribution in [0.15, 0.2) is 0 Å². The number of hydrogen-bond donors (Lipinski definition) is 1. The Hall–Kier alpha value is -1.47. The molecule has 128 valence electrons. The van der Waals surface area contributed by atoms with E-state index in [0.29, 0.717) is 6.61 Å². The van der Waals surface area contributed by atoms with Gasteiger partial charge in [-0.15, -0.1) is 0 Å². The number of fused-ring (bicyclic) bond motifs is 1. The smallest absolute Gasteiger partial charge is 0.239 e. The van der Waals surface area contributed by atoms with Crippen LogP contribution < -0.4 is 5.32 Å². The molecule has 1 aromatic heterocycles. The summed E-state index contributed by atoms with van der Waals surface area (Å²) in [6.07, 6.45) is 4.00. The zero-order chi connectivity index (χ0) is 16.4. The Morgan fingerprint density at radius 2 is 2.00 bits per heavy atom. The Bertz CT molecular complexity index is 557. The van der Waals surface area contributed by atoms with Gasteiger partial charge in [0.2, 0.25) is 5.91 Å².